The lowest BCUT2D eigenvalue weighted by Gasteiger charge is -2.35. The summed E-state index contributed by atoms with van der Waals surface area (Å²) < 4.78 is 16.3. The average Bonchev–Trinajstić information content (AvgIpc) is 3.34. The fourth-order valence-electron chi connectivity index (χ4n) is 5.71. The summed E-state index contributed by atoms with van der Waals surface area (Å²) in [6.07, 6.45) is 0. The number of rotatable bonds is 5. The van der Waals surface area contributed by atoms with Gasteiger partial charge in [-0.3, -0.25) is 19.3 Å². The number of nitrogens with zero attached hydrogens (tertiary/aromatic N) is 5. The van der Waals surface area contributed by atoms with E-state index >= 15 is 0 Å². The normalized spacial score (nSPS) is 17.0. The van der Waals surface area contributed by atoms with Gasteiger partial charge < -0.3 is 9.80 Å². The molecule has 0 bridgehead atoms. The number of halogens is 1. The molecule has 43 heavy (non-hydrogen) atoms. The van der Waals surface area contributed by atoms with Gasteiger partial charge >= 0.3 is 0 Å². The molecule has 0 spiro atoms. The first kappa shape index (κ1) is 28.7. The van der Waals surface area contributed by atoms with Gasteiger partial charge in [-0.05, 0) is 42.3 Å². The van der Waals surface area contributed by atoms with Crippen molar-refractivity contribution >= 4 is 35.3 Å². The summed E-state index contributed by atoms with van der Waals surface area (Å²) in [5.41, 5.74) is 4.76. The van der Waals surface area contributed by atoms with Crippen LogP contribution in [-0.4, -0.2) is 75.8 Å². The van der Waals surface area contributed by atoms with Crippen LogP contribution in [0.4, 0.5) is 10.2 Å². The number of thioether (sulfide) groups is 1. The van der Waals surface area contributed by atoms with Crippen LogP contribution in [0, 0.1) is 12.7 Å². The van der Waals surface area contributed by atoms with E-state index in [0.717, 1.165) is 22.4 Å². The Morgan fingerprint density at radius 3 is 2.35 bits per heavy atom. The number of aromatic nitrogens is 2. The predicted octanol–water partition coefficient (Wildman–Crippen LogP) is 4.85. The number of fused-ring (bicyclic) bond motifs is 1. The van der Waals surface area contributed by atoms with Crippen molar-refractivity contribution in [2.75, 3.05) is 43.4 Å². The minimum absolute atomic E-state index is 0.0182. The number of hydrogen-bond acceptors (Lipinski definition) is 5. The Morgan fingerprint density at radius 1 is 0.930 bits per heavy atom. The minimum Gasteiger partial charge on any atom is -0.339 e. The number of piperazine rings is 1. The standard InChI is InChI=1S/C33H32FN5O3S/c1-22-8-6-13-27(18-22)39-33-30(31(35-39)24-9-4-3-5-10-24)32(25-11-7-12-26(34)19-25)43-21-29(42)38(33)20-28(41)37-16-14-36(15-17-37)23(2)40/h3-13,18-19,32H,14-17,20-21H2,1-2H3. The summed E-state index contributed by atoms with van der Waals surface area (Å²) in [5.74, 6) is -0.202. The summed E-state index contributed by atoms with van der Waals surface area (Å²) in [4.78, 5) is 44.5. The smallest absolute Gasteiger partial charge is 0.242 e. The van der Waals surface area contributed by atoms with Crippen LogP contribution in [0.25, 0.3) is 16.9 Å². The van der Waals surface area contributed by atoms with E-state index in [-0.39, 0.29) is 35.8 Å². The molecule has 1 aromatic heterocycles. The highest BCUT2D eigenvalue weighted by Crippen LogP contribution is 2.48. The zero-order valence-electron chi connectivity index (χ0n) is 24.1. The molecule has 1 saturated heterocycles. The van der Waals surface area contributed by atoms with Crippen molar-refractivity contribution < 1.29 is 18.8 Å². The highest BCUT2D eigenvalue weighted by Gasteiger charge is 2.38. The van der Waals surface area contributed by atoms with Gasteiger partial charge in [0, 0.05) is 44.2 Å². The van der Waals surface area contributed by atoms with Crippen molar-refractivity contribution in [1.82, 2.24) is 19.6 Å². The molecule has 2 aliphatic rings. The molecular weight excluding hydrogens is 565 g/mol. The van der Waals surface area contributed by atoms with Crippen molar-refractivity contribution in [3.05, 3.63) is 101 Å². The monoisotopic (exact) mass is 597 g/mol. The Morgan fingerprint density at radius 2 is 1.65 bits per heavy atom. The maximum Gasteiger partial charge on any atom is 0.242 e. The number of anilines is 1. The van der Waals surface area contributed by atoms with E-state index in [1.165, 1.54) is 30.8 Å². The fraction of sp³-hybridized carbons (Fsp3) is 0.273. The van der Waals surface area contributed by atoms with Crippen LogP contribution >= 0.6 is 11.8 Å². The third-order valence-corrected chi connectivity index (χ3v) is 9.16. The van der Waals surface area contributed by atoms with Crippen molar-refractivity contribution in [1.29, 1.82) is 0 Å². The second-order valence-electron chi connectivity index (χ2n) is 10.8. The SMILES string of the molecule is CC(=O)N1CCN(C(=O)CN2C(=O)CSC(c3cccc(F)c3)c3c(-c4ccccc4)nn(-c4cccc(C)c4)c32)CC1. The number of amides is 3. The second kappa shape index (κ2) is 12.0. The third-order valence-electron chi connectivity index (χ3n) is 7.90. The molecule has 3 heterocycles. The quantitative estimate of drug-likeness (QED) is 0.329. The van der Waals surface area contributed by atoms with Crippen LogP contribution in [0.2, 0.25) is 0 Å². The van der Waals surface area contributed by atoms with Gasteiger partial charge in [0.05, 0.1) is 22.4 Å². The lowest BCUT2D eigenvalue weighted by molar-refractivity contribution is -0.137. The minimum atomic E-state index is -0.414. The topological polar surface area (TPSA) is 78.8 Å². The molecule has 2 aliphatic heterocycles. The zero-order valence-corrected chi connectivity index (χ0v) is 24.9. The van der Waals surface area contributed by atoms with E-state index in [1.807, 2.05) is 67.6 Å². The molecule has 1 unspecified atom stereocenters. The number of carbonyl (C=O) groups excluding carboxylic acids is 3. The molecule has 3 aromatic carbocycles. The van der Waals surface area contributed by atoms with Crippen LogP contribution in [0.3, 0.4) is 0 Å². The molecule has 220 valence electrons. The first-order chi connectivity index (χ1) is 20.8. The summed E-state index contributed by atoms with van der Waals surface area (Å²) in [6.45, 7) is 5.06. The lowest BCUT2D eigenvalue weighted by Crippen LogP contribution is -2.53. The summed E-state index contributed by atoms with van der Waals surface area (Å²) in [5, 5.41) is 4.68. The van der Waals surface area contributed by atoms with Crippen LogP contribution in [0.5, 0.6) is 0 Å². The van der Waals surface area contributed by atoms with Crippen LogP contribution < -0.4 is 4.90 Å². The molecule has 3 amide bonds. The van der Waals surface area contributed by atoms with E-state index < -0.39 is 5.25 Å². The maximum absolute atomic E-state index is 14.6. The van der Waals surface area contributed by atoms with Crippen molar-refractivity contribution in [2.24, 2.45) is 0 Å². The highest BCUT2D eigenvalue weighted by molar-refractivity contribution is 8.00. The molecule has 10 heteroatoms. The molecular formula is C33H32FN5O3S. The van der Waals surface area contributed by atoms with E-state index in [9.17, 15) is 18.8 Å². The third kappa shape index (κ3) is 5.79. The van der Waals surface area contributed by atoms with Gasteiger partial charge in [-0.25, -0.2) is 9.07 Å². The van der Waals surface area contributed by atoms with Gasteiger partial charge in [0.1, 0.15) is 18.2 Å². The molecule has 0 saturated carbocycles. The Hall–Kier alpha value is -4.44. The van der Waals surface area contributed by atoms with Gasteiger partial charge in [-0.2, -0.15) is 5.10 Å². The number of aryl methyl sites for hydroxylation is 1. The summed E-state index contributed by atoms with van der Waals surface area (Å²) >= 11 is 1.41. The number of benzene rings is 3. The molecule has 1 fully saturated rings. The van der Waals surface area contributed by atoms with Crippen molar-refractivity contribution in [3.63, 3.8) is 0 Å². The van der Waals surface area contributed by atoms with Gasteiger partial charge in [-0.15, -0.1) is 11.8 Å². The van der Waals surface area contributed by atoms with Crippen LogP contribution in [-0.2, 0) is 14.4 Å². The Bertz CT molecular complexity index is 1680. The molecule has 8 nitrogen and oxygen atoms in total. The molecule has 4 aromatic rings. The fourth-order valence-corrected chi connectivity index (χ4v) is 6.89. The van der Waals surface area contributed by atoms with Gasteiger partial charge in [0.25, 0.3) is 0 Å². The van der Waals surface area contributed by atoms with Crippen molar-refractivity contribution in [2.45, 2.75) is 19.1 Å². The first-order valence-corrected chi connectivity index (χ1v) is 15.3. The molecule has 1 atom stereocenters. The van der Waals surface area contributed by atoms with E-state index in [1.54, 1.807) is 25.4 Å². The predicted molar refractivity (Wildman–Crippen MR) is 166 cm³/mol. The van der Waals surface area contributed by atoms with Crippen LogP contribution in [0.1, 0.15) is 28.9 Å². The first-order valence-electron chi connectivity index (χ1n) is 14.3. The van der Waals surface area contributed by atoms with Gasteiger partial charge in [0.15, 0.2) is 0 Å². The average molecular weight is 598 g/mol. The lowest BCUT2D eigenvalue weighted by atomic mass is 9.99. The van der Waals surface area contributed by atoms with Gasteiger partial charge in [0.2, 0.25) is 17.7 Å². The Kier molecular flexibility index (Phi) is 8.03. The molecule has 0 radical (unpaired) electrons. The Balaban J connectivity index is 1.52. The van der Waals surface area contributed by atoms with E-state index in [0.29, 0.717) is 43.3 Å². The molecule has 0 N–H and O–H groups in total. The second-order valence-corrected chi connectivity index (χ2v) is 11.9. The molecule has 6 rings (SSSR count). The molecule has 0 aliphatic carbocycles. The van der Waals surface area contributed by atoms with E-state index in [4.69, 9.17) is 5.10 Å². The highest BCUT2D eigenvalue weighted by atomic mass is 32.2. The Labute approximate surface area is 254 Å². The zero-order chi connectivity index (χ0) is 30.1. The summed E-state index contributed by atoms with van der Waals surface area (Å²) in [7, 11) is 0. The van der Waals surface area contributed by atoms with Crippen LogP contribution in [0.15, 0.2) is 78.9 Å². The summed E-state index contributed by atoms with van der Waals surface area (Å²) in [6, 6.07) is 24.0. The number of hydrogen-bond donors (Lipinski definition) is 0. The maximum atomic E-state index is 14.6. The largest absolute Gasteiger partial charge is 0.339 e. The van der Waals surface area contributed by atoms with Crippen molar-refractivity contribution in [3.8, 4) is 16.9 Å². The van der Waals surface area contributed by atoms with Gasteiger partial charge in [-0.1, -0.05) is 54.6 Å². The number of carbonyl (C=O) groups is 3. The van der Waals surface area contributed by atoms with E-state index in [2.05, 4.69) is 0 Å².